The van der Waals surface area contributed by atoms with E-state index in [1.807, 2.05) is 72.8 Å². The first kappa shape index (κ1) is 20.7. The van der Waals surface area contributed by atoms with Crippen molar-refractivity contribution in [3.63, 3.8) is 0 Å². The summed E-state index contributed by atoms with van der Waals surface area (Å²) >= 11 is -5.18. The summed E-state index contributed by atoms with van der Waals surface area (Å²) in [7, 11) is 0. The van der Waals surface area contributed by atoms with E-state index in [0.29, 0.717) is 0 Å². The Bertz CT molecular complexity index is 1050. The molecule has 0 bridgehead atoms. The summed E-state index contributed by atoms with van der Waals surface area (Å²) in [6, 6.07) is 15.9. The molecule has 2 aromatic rings. The summed E-state index contributed by atoms with van der Waals surface area (Å²) in [5.41, 5.74) is 4.07. The van der Waals surface area contributed by atoms with Crippen molar-refractivity contribution in [1.29, 1.82) is 0 Å². The molecule has 0 spiro atoms. The fourth-order valence-electron chi connectivity index (χ4n) is 4.69. The molecular formula is C25H26O4Ti. The Hall–Kier alpha value is -2.56. The van der Waals surface area contributed by atoms with Gasteiger partial charge in [-0.05, 0) is 0 Å². The third-order valence-electron chi connectivity index (χ3n) is 6.17. The zero-order valence-corrected chi connectivity index (χ0v) is 18.9. The van der Waals surface area contributed by atoms with E-state index in [-0.39, 0.29) is 33.2 Å². The number of hydrogen-bond donors (Lipinski definition) is 0. The van der Waals surface area contributed by atoms with Crippen LogP contribution in [0.1, 0.15) is 57.4 Å². The maximum atomic E-state index is 12.8. The molecule has 0 heterocycles. The predicted molar refractivity (Wildman–Crippen MR) is 116 cm³/mol. The maximum absolute atomic E-state index is 12.8. The van der Waals surface area contributed by atoms with E-state index in [1.165, 1.54) is 0 Å². The van der Waals surface area contributed by atoms with Gasteiger partial charge in [0.1, 0.15) is 0 Å². The van der Waals surface area contributed by atoms with Crippen molar-refractivity contribution in [2.75, 3.05) is 0 Å². The van der Waals surface area contributed by atoms with Crippen LogP contribution in [-0.4, -0.2) is 16.8 Å². The molecule has 0 saturated heterocycles. The average molecular weight is 438 g/mol. The fraction of sp³-hybridized carbons (Fsp3) is 0.240. The van der Waals surface area contributed by atoms with E-state index in [4.69, 9.17) is 6.64 Å². The van der Waals surface area contributed by atoms with E-state index in [0.717, 1.165) is 22.3 Å². The number of carbonyl (C=O) groups is 2. The molecule has 4 rings (SSSR count). The van der Waals surface area contributed by atoms with Crippen molar-refractivity contribution >= 4 is 28.9 Å². The Balaban J connectivity index is 2.00. The molecule has 0 aromatic heterocycles. The minimum absolute atomic E-state index is 0.189. The molecule has 2 aromatic carbocycles. The van der Waals surface area contributed by atoms with Crippen LogP contribution in [0.4, 0.5) is 0 Å². The molecule has 0 aliphatic heterocycles. The first-order valence-corrected chi connectivity index (χ1v) is 14.6. The van der Waals surface area contributed by atoms with E-state index < -0.39 is 15.6 Å². The average Bonchev–Trinajstić information content (AvgIpc) is 3.39. The molecule has 2 aliphatic carbocycles. The summed E-state index contributed by atoms with van der Waals surface area (Å²) < 4.78 is 11.9. The van der Waals surface area contributed by atoms with Gasteiger partial charge in [0, 0.05) is 0 Å². The number of allylic oxidation sites excluding steroid dienone is 2. The van der Waals surface area contributed by atoms with Gasteiger partial charge in [-0.15, -0.1) is 0 Å². The summed E-state index contributed by atoms with van der Waals surface area (Å²) in [4.78, 5) is 30.2. The molecule has 0 amide bonds. The van der Waals surface area contributed by atoms with Crippen LogP contribution in [-0.2, 0) is 31.8 Å². The van der Waals surface area contributed by atoms with Crippen LogP contribution in [0, 0.1) is 0 Å². The quantitative estimate of drug-likeness (QED) is 0.569. The normalized spacial score (nSPS) is 19.3. The van der Waals surface area contributed by atoms with Crippen LogP contribution in [0.25, 0.3) is 12.2 Å². The van der Waals surface area contributed by atoms with Crippen LogP contribution >= 0.6 is 0 Å². The molecule has 154 valence electrons. The van der Waals surface area contributed by atoms with Gasteiger partial charge < -0.3 is 0 Å². The Morgan fingerprint density at radius 3 is 1.60 bits per heavy atom. The summed E-state index contributed by atoms with van der Waals surface area (Å²) in [5, 5.41) is 0. The van der Waals surface area contributed by atoms with Gasteiger partial charge in [-0.25, -0.2) is 0 Å². The zero-order chi connectivity index (χ0) is 21.4. The molecule has 0 radical (unpaired) electrons. The molecule has 2 aliphatic rings. The first-order valence-electron chi connectivity index (χ1n) is 10.4. The van der Waals surface area contributed by atoms with Crippen LogP contribution in [0.15, 0.2) is 60.7 Å². The van der Waals surface area contributed by atoms with Gasteiger partial charge in [0.15, 0.2) is 0 Å². The van der Waals surface area contributed by atoms with E-state index in [9.17, 15) is 9.59 Å². The van der Waals surface area contributed by atoms with Crippen molar-refractivity contribution in [2.45, 2.75) is 35.1 Å². The monoisotopic (exact) mass is 438 g/mol. The molecule has 0 saturated carbocycles. The zero-order valence-electron chi connectivity index (χ0n) is 17.3. The number of hydrogen-bond acceptors (Lipinski definition) is 4. The van der Waals surface area contributed by atoms with Gasteiger partial charge in [0.05, 0.1) is 0 Å². The number of carbonyl (C=O) groups excluding carboxylic acids is 2. The first-order chi connectivity index (χ1) is 14.4. The fourth-order valence-corrected chi connectivity index (χ4v) is 12.6. The Kier molecular flexibility index (Phi) is 5.25. The molecule has 2 unspecified atom stereocenters. The van der Waals surface area contributed by atoms with Crippen LogP contribution in [0.2, 0.25) is 0 Å². The summed E-state index contributed by atoms with van der Waals surface area (Å²) in [6.07, 6.45) is 8.42. The van der Waals surface area contributed by atoms with Crippen LogP contribution < -0.4 is 0 Å². The van der Waals surface area contributed by atoms with Gasteiger partial charge in [0.25, 0.3) is 0 Å². The van der Waals surface area contributed by atoms with Crippen molar-refractivity contribution in [3.05, 3.63) is 82.9 Å². The molecular weight excluding hydrogens is 412 g/mol. The SMILES string of the molecule is [CH2]=[Ti]([O]C(=O)CC)([O]C(=O)CC)([CH]1C=Cc2ccccc21)[CH]1C=Cc2ccccc21. The van der Waals surface area contributed by atoms with E-state index in [2.05, 4.69) is 4.82 Å². The Morgan fingerprint density at radius 1 is 0.800 bits per heavy atom. The van der Waals surface area contributed by atoms with Crippen molar-refractivity contribution in [1.82, 2.24) is 0 Å². The Labute approximate surface area is 178 Å². The minimum atomic E-state index is -5.18. The Morgan fingerprint density at radius 2 is 1.20 bits per heavy atom. The molecule has 5 heteroatoms. The number of benzene rings is 2. The topological polar surface area (TPSA) is 52.6 Å². The second-order valence-corrected chi connectivity index (χ2v) is 15.0. The molecule has 30 heavy (non-hydrogen) atoms. The second-order valence-electron chi connectivity index (χ2n) is 8.00. The molecule has 2 atom stereocenters. The van der Waals surface area contributed by atoms with E-state index in [1.54, 1.807) is 13.8 Å². The van der Waals surface area contributed by atoms with E-state index >= 15 is 0 Å². The number of rotatable bonds is 6. The van der Waals surface area contributed by atoms with Gasteiger partial charge in [-0.2, -0.15) is 0 Å². The van der Waals surface area contributed by atoms with Crippen LogP contribution in [0.5, 0.6) is 0 Å². The standard InChI is InChI=1S/2C9H7.2C3H6O2.CH2.Ti/c2*1-2-5-9-7-3-6-8(9)4-1;2*1-2-3(4)5;;/h2*1-7H;2*2H2,1H3,(H,4,5);1H2;/q;;;;;+2/p-2. The molecule has 4 nitrogen and oxygen atoms in total. The second kappa shape index (κ2) is 7.61. The molecule has 0 N–H and O–H groups in total. The predicted octanol–water partition coefficient (Wildman–Crippen LogP) is 5.38. The number of fused-ring (bicyclic) bond motifs is 2. The molecule has 0 fully saturated rings. The third-order valence-corrected chi connectivity index (χ3v) is 14.0. The van der Waals surface area contributed by atoms with Gasteiger partial charge >= 0.3 is 179 Å². The van der Waals surface area contributed by atoms with Gasteiger partial charge in [-0.1, -0.05) is 0 Å². The van der Waals surface area contributed by atoms with Crippen LogP contribution in [0.3, 0.4) is 0 Å². The summed E-state index contributed by atoms with van der Waals surface area (Å²) in [6.45, 7) is 3.50. The van der Waals surface area contributed by atoms with Gasteiger partial charge in [0.2, 0.25) is 0 Å². The third kappa shape index (κ3) is 3.15. The van der Waals surface area contributed by atoms with Crippen molar-refractivity contribution in [2.24, 2.45) is 0 Å². The van der Waals surface area contributed by atoms with Crippen molar-refractivity contribution < 1.29 is 31.8 Å². The summed E-state index contributed by atoms with van der Waals surface area (Å²) in [5.74, 6) is -0.775. The van der Waals surface area contributed by atoms with Gasteiger partial charge in [-0.3, -0.25) is 0 Å². The van der Waals surface area contributed by atoms with Crippen molar-refractivity contribution in [3.8, 4) is 0 Å².